The van der Waals surface area contributed by atoms with Crippen molar-refractivity contribution in [3.8, 4) is 17.6 Å². The molecule has 0 saturated carbocycles. The van der Waals surface area contributed by atoms with Crippen LogP contribution in [0.5, 0.6) is 5.75 Å². The standard InChI is InChI=1S/C16H16O3S/c1-13-16(8-10-18-13)20-12-11-19-15-6-4-14(5-7-15)3-2-9-17/h4-8,10,17H,9,11-12H2,1H3. The molecule has 1 N–H and O–H groups in total. The molecular weight excluding hydrogens is 272 g/mol. The van der Waals surface area contributed by atoms with Crippen molar-refractivity contribution in [2.75, 3.05) is 19.0 Å². The number of aryl methyl sites for hydroxylation is 1. The third-order valence-corrected chi connectivity index (χ3v) is 3.69. The molecule has 1 aromatic heterocycles. The predicted molar refractivity (Wildman–Crippen MR) is 80.1 cm³/mol. The molecule has 0 unspecified atom stereocenters. The maximum atomic E-state index is 8.62. The van der Waals surface area contributed by atoms with Crippen LogP contribution in [0.1, 0.15) is 11.3 Å². The lowest BCUT2D eigenvalue weighted by molar-refractivity contribution is 0.344. The van der Waals surface area contributed by atoms with Gasteiger partial charge in [0.1, 0.15) is 18.1 Å². The maximum absolute atomic E-state index is 8.62. The summed E-state index contributed by atoms with van der Waals surface area (Å²) >= 11 is 1.72. The Balaban J connectivity index is 1.75. The van der Waals surface area contributed by atoms with Gasteiger partial charge in [0.2, 0.25) is 0 Å². The minimum atomic E-state index is -0.122. The van der Waals surface area contributed by atoms with Gasteiger partial charge in [-0.25, -0.2) is 0 Å². The minimum Gasteiger partial charge on any atom is -0.493 e. The van der Waals surface area contributed by atoms with Crippen molar-refractivity contribution < 1.29 is 14.3 Å². The van der Waals surface area contributed by atoms with E-state index in [4.69, 9.17) is 14.3 Å². The van der Waals surface area contributed by atoms with Crippen molar-refractivity contribution >= 4 is 11.8 Å². The number of ether oxygens (including phenoxy) is 1. The highest BCUT2D eigenvalue weighted by Crippen LogP contribution is 2.23. The quantitative estimate of drug-likeness (QED) is 0.521. The Morgan fingerprint density at radius 3 is 2.70 bits per heavy atom. The van der Waals surface area contributed by atoms with Gasteiger partial charge in [-0.1, -0.05) is 11.8 Å². The molecule has 0 amide bonds. The van der Waals surface area contributed by atoms with Crippen LogP contribution in [0.15, 0.2) is 45.9 Å². The number of aliphatic hydroxyl groups excluding tert-OH is 1. The fourth-order valence-corrected chi connectivity index (χ4v) is 2.40. The van der Waals surface area contributed by atoms with Crippen molar-refractivity contribution in [1.82, 2.24) is 0 Å². The van der Waals surface area contributed by atoms with E-state index < -0.39 is 0 Å². The Morgan fingerprint density at radius 1 is 1.25 bits per heavy atom. The Labute approximate surface area is 123 Å². The molecule has 0 bridgehead atoms. The fraction of sp³-hybridized carbons (Fsp3) is 0.250. The predicted octanol–water partition coefficient (Wildman–Crippen LogP) is 3.10. The summed E-state index contributed by atoms with van der Waals surface area (Å²) in [7, 11) is 0. The van der Waals surface area contributed by atoms with E-state index in [0.717, 1.165) is 27.7 Å². The Hall–Kier alpha value is -1.83. The molecule has 4 heteroatoms. The molecule has 104 valence electrons. The largest absolute Gasteiger partial charge is 0.493 e. The van der Waals surface area contributed by atoms with Crippen LogP contribution < -0.4 is 4.74 Å². The van der Waals surface area contributed by atoms with Gasteiger partial charge in [-0.15, -0.1) is 11.8 Å². The van der Waals surface area contributed by atoms with Gasteiger partial charge in [-0.3, -0.25) is 0 Å². The molecule has 1 aromatic carbocycles. The summed E-state index contributed by atoms with van der Waals surface area (Å²) in [6.07, 6.45) is 1.70. The Bertz CT molecular complexity index is 590. The summed E-state index contributed by atoms with van der Waals surface area (Å²) in [5, 5.41) is 8.62. The highest BCUT2D eigenvalue weighted by atomic mass is 32.2. The summed E-state index contributed by atoms with van der Waals surface area (Å²) in [6, 6.07) is 9.50. The third-order valence-electron chi connectivity index (χ3n) is 2.59. The highest BCUT2D eigenvalue weighted by Gasteiger charge is 2.01. The maximum Gasteiger partial charge on any atom is 0.119 e. The Morgan fingerprint density at radius 2 is 2.05 bits per heavy atom. The van der Waals surface area contributed by atoms with Crippen molar-refractivity contribution in [3.05, 3.63) is 47.9 Å². The van der Waals surface area contributed by atoms with E-state index in [1.54, 1.807) is 18.0 Å². The van der Waals surface area contributed by atoms with E-state index in [9.17, 15) is 0 Å². The average Bonchev–Trinajstić information content (AvgIpc) is 2.88. The normalized spacial score (nSPS) is 9.90. The summed E-state index contributed by atoms with van der Waals surface area (Å²) in [5.41, 5.74) is 0.870. The van der Waals surface area contributed by atoms with Gasteiger partial charge in [0.25, 0.3) is 0 Å². The van der Waals surface area contributed by atoms with Crippen LogP contribution >= 0.6 is 11.8 Å². The molecule has 2 rings (SSSR count). The van der Waals surface area contributed by atoms with Crippen molar-refractivity contribution in [3.63, 3.8) is 0 Å². The number of rotatable bonds is 5. The first-order valence-corrected chi connectivity index (χ1v) is 7.27. The average molecular weight is 288 g/mol. The zero-order chi connectivity index (χ0) is 14.2. The molecule has 0 aliphatic rings. The zero-order valence-corrected chi connectivity index (χ0v) is 12.1. The molecular formula is C16H16O3S. The topological polar surface area (TPSA) is 42.6 Å². The molecule has 0 aliphatic carbocycles. The van der Waals surface area contributed by atoms with Gasteiger partial charge in [0.15, 0.2) is 0 Å². The highest BCUT2D eigenvalue weighted by molar-refractivity contribution is 7.99. The molecule has 0 aliphatic heterocycles. The van der Waals surface area contributed by atoms with Crippen LogP contribution in [-0.4, -0.2) is 24.1 Å². The zero-order valence-electron chi connectivity index (χ0n) is 11.3. The molecule has 3 nitrogen and oxygen atoms in total. The van der Waals surface area contributed by atoms with Crippen molar-refractivity contribution in [2.24, 2.45) is 0 Å². The molecule has 1 heterocycles. The lowest BCUT2D eigenvalue weighted by atomic mass is 10.2. The van der Waals surface area contributed by atoms with Gasteiger partial charge in [-0.05, 0) is 37.3 Å². The minimum absolute atomic E-state index is 0.122. The van der Waals surface area contributed by atoms with Gasteiger partial charge in [0.05, 0.1) is 12.9 Å². The first kappa shape index (κ1) is 14.6. The first-order chi connectivity index (χ1) is 9.79. The van der Waals surface area contributed by atoms with Crippen LogP contribution in [0.2, 0.25) is 0 Å². The van der Waals surface area contributed by atoms with Gasteiger partial charge >= 0.3 is 0 Å². The second-order valence-corrected chi connectivity index (χ2v) is 5.16. The van der Waals surface area contributed by atoms with E-state index in [1.165, 1.54) is 0 Å². The van der Waals surface area contributed by atoms with Crippen LogP contribution in [0.3, 0.4) is 0 Å². The third kappa shape index (κ3) is 4.37. The molecule has 2 aromatic rings. The van der Waals surface area contributed by atoms with E-state index in [1.807, 2.05) is 37.3 Å². The second-order valence-electron chi connectivity index (χ2n) is 4.02. The number of thioether (sulfide) groups is 1. The van der Waals surface area contributed by atoms with Gasteiger partial charge < -0.3 is 14.3 Å². The number of hydrogen-bond acceptors (Lipinski definition) is 4. The lowest BCUT2D eigenvalue weighted by Crippen LogP contribution is -1.99. The molecule has 0 saturated heterocycles. The fourth-order valence-electron chi connectivity index (χ4n) is 1.61. The number of furan rings is 1. The second kappa shape index (κ2) is 7.68. The van der Waals surface area contributed by atoms with Gasteiger partial charge in [-0.2, -0.15) is 0 Å². The molecule has 0 atom stereocenters. The monoisotopic (exact) mass is 288 g/mol. The van der Waals surface area contributed by atoms with Crippen LogP contribution in [0.4, 0.5) is 0 Å². The Kier molecular flexibility index (Phi) is 5.60. The van der Waals surface area contributed by atoms with E-state index >= 15 is 0 Å². The van der Waals surface area contributed by atoms with E-state index in [-0.39, 0.29) is 6.61 Å². The molecule has 0 spiro atoms. The molecule has 20 heavy (non-hydrogen) atoms. The van der Waals surface area contributed by atoms with Crippen LogP contribution in [-0.2, 0) is 0 Å². The number of hydrogen-bond donors (Lipinski definition) is 1. The number of aliphatic hydroxyl groups is 1. The van der Waals surface area contributed by atoms with Gasteiger partial charge in [0, 0.05) is 16.2 Å². The first-order valence-electron chi connectivity index (χ1n) is 6.29. The van der Waals surface area contributed by atoms with Crippen molar-refractivity contribution in [1.29, 1.82) is 0 Å². The summed E-state index contributed by atoms with van der Waals surface area (Å²) in [4.78, 5) is 1.16. The van der Waals surface area contributed by atoms with E-state index in [2.05, 4.69) is 11.8 Å². The van der Waals surface area contributed by atoms with Crippen molar-refractivity contribution in [2.45, 2.75) is 11.8 Å². The summed E-state index contributed by atoms with van der Waals surface area (Å²) in [5.74, 6) is 8.09. The smallest absolute Gasteiger partial charge is 0.119 e. The van der Waals surface area contributed by atoms with Crippen LogP contribution in [0, 0.1) is 18.8 Å². The molecule has 0 radical (unpaired) electrons. The summed E-state index contributed by atoms with van der Waals surface area (Å²) < 4.78 is 10.9. The summed E-state index contributed by atoms with van der Waals surface area (Å²) in [6.45, 7) is 2.47. The van der Waals surface area contributed by atoms with E-state index in [0.29, 0.717) is 6.61 Å². The SMILES string of the molecule is Cc1occc1SCCOc1ccc(C#CCO)cc1. The van der Waals surface area contributed by atoms with Crippen LogP contribution in [0.25, 0.3) is 0 Å². The number of benzene rings is 1. The molecule has 0 fully saturated rings. The lowest BCUT2D eigenvalue weighted by Gasteiger charge is -2.05.